The minimum atomic E-state index is -0.624. The largest absolute Gasteiger partial charge is 0.481 e. The lowest BCUT2D eigenvalue weighted by molar-refractivity contribution is -0.142. The molecule has 0 radical (unpaired) electrons. The first-order valence-corrected chi connectivity index (χ1v) is 6.21. The van der Waals surface area contributed by atoms with E-state index in [0.717, 1.165) is 32.4 Å². The lowest BCUT2D eigenvalue weighted by Gasteiger charge is -2.22. The molecule has 3 rings (SSSR count). The third kappa shape index (κ3) is 1.84. The number of fused-ring (bicyclic) bond motifs is 2. The van der Waals surface area contributed by atoms with Gasteiger partial charge in [-0.2, -0.15) is 5.10 Å². The van der Waals surface area contributed by atoms with Crippen LogP contribution in [0.5, 0.6) is 0 Å². The smallest absolute Gasteiger partial charge is 0.308 e. The van der Waals surface area contributed by atoms with Gasteiger partial charge in [0, 0.05) is 31.0 Å². The van der Waals surface area contributed by atoms with Crippen LogP contribution in [0.25, 0.3) is 0 Å². The molecule has 0 amide bonds. The van der Waals surface area contributed by atoms with Gasteiger partial charge in [-0.05, 0) is 25.3 Å². The van der Waals surface area contributed by atoms with E-state index in [1.807, 2.05) is 16.9 Å². The van der Waals surface area contributed by atoms with Gasteiger partial charge in [-0.25, -0.2) is 0 Å². The summed E-state index contributed by atoms with van der Waals surface area (Å²) in [7, 11) is 0. The lowest BCUT2D eigenvalue weighted by Crippen LogP contribution is -2.35. The molecule has 1 N–H and O–H groups in total. The fraction of sp³-hybridized carbons (Fsp3) is 0.667. The molecule has 0 saturated carbocycles. The standard InChI is InChI=1S/C12H17N3O2/c16-12(17)10-8-9-2-3-11(10)15(9)7-6-14-5-1-4-13-14/h1,4-5,9-11H,2-3,6-8H2,(H,16,17). The Morgan fingerprint density at radius 2 is 2.29 bits per heavy atom. The number of carboxylic acids is 1. The second kappa shape index (κ2) is 4.14. The van der Waals surface area contributed by atoms with Crippen molar-refractivity contribution in [2.24, 2.45) is 5.92 Å². The summed E-state index contributed by atoms with van der Waals surface area (Å²) < 4.78 is 1.91. The van der Waals surface area contributed by atoms with Gasteiger partial charge in [0.05, 0.1) is 12.5 Å². The van der Waals surface area contributed by atoms with E-state index in [-0.39, 0.29) is 12.0 Å². The Morgan fingerprint density at radius 1 is 1.41 bits per heavy atom. The van der Waals surface area contributed by atoms with Gasteiger partial charge < -0.3 is 5.11 Å². The highest BCUT2D eigenvalue weighted by Crippen LogP contribution is 2.41. The average Bonchev–Trinajstić information content (AvgIpc) is 3.01. The topological polar surface area (TPSA) is 58.4 Å². The molecule has 1 aromatic rings. The fourth-order valence-corrected chi connectivity index (χ4v) is 3.37. The Kier molecular flexibility index (Phi) is 2.63. The van der Waals surface area contributed by atoms with Gasteiger partial charge in [-0.3, -0.25) is 14.4 Å². The van der Waals surface area contributed by atoms with Crippen LogP contribution in [0.1, 0.15) is 19.3 Å². The zero-order valence-electron chi connectivity index (χ0n) is 9.70. The first-order chi connectivity index (χ1) is 8.25. The van der Waals surface area contributed by atoms with Gasteiger partial charge in [0.25, 0.3) is 0 Å². The van der Waals surface area contributed by atoms with Gasteiger partial charge in [0.2, 0.25) is 0 Å². The monoisotopic (exact) mass is 235 g/mol. The predicted molar refractivity (Wildman–Crippen MR) is 61.5 cm³/mol. The molecule has 2 bridgehead atoms. The second-order valence-corrected chi connectivity index (χ2v) is 4.99. The van der Waals surface area contributed by atoms with E-state index in [4.69, 9.17) is 5.11 Å². The number of rotatable bonds is 4. The molecule has 0 aliphatic carbocycles. The molecule has 1 aromatic heterocycles. The van der Waals surface area contributed by atoms with Crippen molar-refractivity contribution in [3.63, 3.8) is 0 Å². The van der Waals surface area contributed by atoms with Crippen molar-refractivity contribution >= 4 is 5.97 Å². The molecule has 92 valence electrons. The number of aromatic nitrogens is 2. The average molecular weight is 235 g/mol. The van der Waals surface area contributed by atoms with Crippen LogP contribution in [-0.4, -0.2) is 44.4 Å². The Balaban J connectivity index is 1.63. The maximum absolute atomic E-state index is 11.1. The summed E-state index contributed by atoms with van der Waals surface area (Å²) in [6, 6.07) is 2.66. The highest BCUT2D eigenvalue weighted by atomic mass is 16.4. The summed E-state index contributed by atoms with van der Waals surface area (Å²) >= 11 is 0. The number of nitrogens with zero attached hydrogens (tertiary/aromatic N) is 3. The molecule has 3 heterocycles. The quantitative estimate of drug-likeness (QED) is 0.839. The second-order valence-electron chi connectivity index (χ2n) is 4.99. The maximum Gasteiger partial charge on any atom is 0.308 e. The molecular weight excluding hydrogens is 218 g/mol. The lowest BCUT2D eigenvalue weighted by atomic mass is 9.89. The SMILES string of the molecule is O=C(O)C1CC2CCC1N2CCn1cccn1. The van der Waals surface area contributed by atoms with Crippen LogP contribution in [0, 0.1) is 5.92 Å². The van der Waals surface area contributed by atoms with Crippen LogP contribution < -0.4 is 0 Å². The summed E-state index contributed by atoms with van der Waals surface area (Å²) in [6.07, 6.45) is 6.76. The third-order valence-electron chi connectivity index (χ3n) is 4.14. The molecule has 2 aliphatic heterocycles. The summed E-state index contributed by atoms with van der Waals surface area (Å²) in [6.45, 7) is 1.77. The Labute approximate surface area is 100 Å². The Hall–Kier alpha value is -1.36. The van der Waals surface area contributed by atoms with Crippen molar-refractivity contribution in [1.29, 1.82) is 0 Å². The molecule has 5 nitrogen and oxygen atoms in total. The van der Waals surface area contributed by atoms with Gasteiger partial charge in [-0.1, -0.05) is 0 Å². The molecule has 2 saturated heterocycles. The van der Waals surface area contributed by atoms with Gasteiger partial charge in [0.15, 0.2) is 0 Å². The molecule has 17 heavy (non-hydrogen) atoms. The molecule has 5 heteroatoms. The molecular formula is C12H17N3O2. The summed E-state index contributed by atoms with van der Waals surface area (Å²) in [5, 5.41) is 13.3. The number of aliphatic carboxylic acids is 1. The highest BCUT2D eigenvalue weighted by molar-refractivity contribution is 5.71. The van der Waals surface area contributed by atoms with E-state index < -0.39 is 5.97 Å². The van der Waals surface area contributed by atoms with Crippen molar-refractivity contribution < 1.29 is 9.90 Å². The highest BCUT2D eigenvalue weighted by Gasteiger charge is 2.48. The van der Waals surface area contributed by atoms with E-state index in [1.54, 1.807) is 6.20 Å². The van der Waals surface area contributed by atoms with Crippen molar-refractivity contribution in [2.45, 2.75) is 37.9 Å². The molecule has 2 aliphatic rings. The number of hydrogen-bond acceptors (Lipinski definition) is 3. The zero-order chi connectivity index (χ0) is 11.8. The Morgan fingerprint density at radius 3 is 2.94 bits per heavy atom. The molecule has 2 fully saturated rings. The van der Waals surface area contributed by atoms with Crippen molar-refractivity contribution in [3.8, 4) is 0 Å². The van der Waals surface area contributed by atoms with Gasteiger partial charge in [-0.15, -0.1) is 0 Å². The van der Waals surface area contributed by atoms with Gasteiger partial charge in [0.1, 0.15) is 0 Å². The van der Waals surface area contributed by atoms with E-state index in [2.05, 4.69) is 10.00 Å². The van der Waals surface area contributed by atoms with Crippen molar-refractivity contribution in [1.82, 2.24) is 14.7 Å². The Bertz CT molecular complexity index is 404. The molecule has 3 atom stereocenters. The van der Waals surface area contributed by atoms with Crippen molar-refractivity contribution in [3.05, 3.63) is 18.5 Å². The fourth-order valence-electron chi connectivity index (χ4n) is 3.37. The third-order valence-corrected chi connectivity index (χ3v) is 4.14. The van der Waals surface area contributed by atoms with Crippen molar-refractivity contribution in [2.75, 3.05) is 6.54 Å². The normalized spacial score (nSPS) is 32.1. The van der Waals surface area contributed by atoms with Crippen LogP contribution >= 0.6 is 0 Å². The first-order valence-electron chi connectivity index (χ1n) is 6.21. The summed E-state index contributed by atoms with van der Waals surface area (Å²) in [5.74, 6) is -0.771. The van der Waals surface area contributed by atoms with E-state index >= 15 is 0 Å². The van der Waals surface area contributed by atoms with E-state index in [1.165, 1.54) is 0 Å². The summed E-state index contributed by atoms with van der Waals surface area (Å²) in [5.41, 5.74) is 0. The van der Waals surface area contributed by atoms with Crippen LogP contribution in [0.3, 0.4) is 0 Å². The van der Waals surface area contributed by atoms with E-state index in [0.29, 0.717) is 6.04 Å². The minimum absolute atomic E-state index is 0.147. The molecule has 0 aromatic carbocycles. The molecule has 0 spiro atoms. The maximum atomic E-state index is 11.1. The summed E-state index contributed by atoms with van der Waals surface area (Å²) in [4.78, 5) is 13.5. The van der Waals surface area contributed by atoms with Crippen LogP contribution in [-0.2, 0) is 11.3 Å². The minimum Gasteiger partial charge on any atom is -0.481 e. The zero-order valence-corrected chi connectivity index (χ0v) is 9.70. The van der Waals surface area contributed by atoms with Crippen LogP contribution in [0.15, 0.2) is 18.5 Å². The number of carboxylic acid groups (broad SMARTS) is 1. The molecule has 3 unspecified atom stereocenters. The van der Waals surface area contributed by atoms with Crippen LogP contribution in [0.2, 0.25) is 0 Å². The first kappa shape index (κ1) is 10.8. The number of hydrogen-bond donors (Lipinski definition) is 1. The van der Waals surface area contributed by atoms with Gasteiger partial charge >= 0.3 is 5.97 Å². The number of carbonyl (C=O) groups is 1. The van der Waals surface area contributed by atoms with E-state index in [9.17, 15) is 4.79 Å². The predicted octanol–water partition coefficient (Wildman–Crippen LogP) is 0.821. The van der Waals surface area contributed by atoms with Crippen LogP contribution in [0.4, 0.5) is 0 Å².